The van der Waals surface area contributed by atoms with Crippen LogP contribution in [0, 0.1) is 5.82 Å². The van der Waals surface area contributed by atoms with Gasteiger partial charge in [0.2, 0.25) is 0 Å². The largest absolute Gasteiger partial charge is 0.483 e. The van der Waals surface area contributed by atoms with Crippen molar-refractivity contribution in [3.8, 4) is 5.75 Å². The summed E-state index contributed by atoms with van der Waals surface area (Å²) in [6.45, 7) is 1.90. The summed E-state index contributed by atoms with van der Waals surface area (Å²) in [7, 11) is 1.83. The summed E-state index contributed by atoms with van der Waals surface area (Å²) in [5.41, 5.74) is 1.66. The zero-order chi connectivity index (χ0) is 19.2. The predicted octanol–water partition coefficient (Wildman–Crippen LogP) is 3.41. The molecular formula is C21H22FN3O2. The van der Waals surface area contributed by atoms with Gasteiger partial charge in [-0.15, -0.1) is 0 Å². The fraction of sp³-hybridized carbons (Fsp3) is 0.238. The van der Waals surface area contributed by atoms with E-state index in [4.69, 9.17) is 4.74 Å². The molecule has 0 radical (unpaired) electrons. The number of nitrogens with zero attached hydrogens (tertiary/aromatic N) is 2. The molecule has 1 atom stereocenters. The third-order valence-corrected chi connectivity index (χ3v) is 4.32. The van der Waals surface area contributed by atoms with Gasteiger partial charge in [0.1, 0.15) is 23.4 Å². The van der Waals surface area contributed by atoms with Gasteiger partial charge in [-0.2, -0.15) is 0 Å². The molecular weight excluding hydrogens is 345 g/mol. The fourth-order valence-electron chi connectivity index (χ4n) is 2.92. The zero-order valence-corrected chi connectivity index (χ0v) is 15.4. The first-order chi connectivity index (χ1) is 13.1. The monoisotopic (exact) mass is 367 g/mol. The first-order valence-corrected chi connectivity index (χ1v) is 8.81. The number of hydrogen-bond donors (Lipinski definition) is 1. The minimum atomic E-state index is -0.571. The average Bonchev–Trinajstić information content (AvgIpc) is 3.10. The highest BCUT2D eigenvalue weighted by Gasteiger charge is 2.21. The number of amides is 1. The van der Waals surface area contributed by atoms with Gasteiger partial charge < -0.3 is 14.6 Å². The average molecular weight is 367 g/mol. The molecule has 1 unspecified atom stereocenters. The molecule has 3 rings (SSSR count). The maximum absolute atomic E-state index is 13.7. The minimum Gasteiger partial charge on any atom is -0.483 e. The molecule has 1 N–H and O–H groups in total. The first kappa shape index (κ1) is 18.6. The lowest BCUT2D eigenvalue weighted by Crippen LogP contribution is -2.34. The van der Waals surface area contributed by atoms with Gasteiger partial charge in [-0.3, -0.25) is 4.79 Å². The van der Waals surface area contributed by atoms with Crippen LogP contribution in [-0.4, -0.2) is 22.1 Å². The molecule has 0 spiro atoms. The van der Waals surface area contributed by atoms with E-state index in [0.717, 1.165) is 12.0 Å². The molecule has 140 valence electrons. The summed E-state index contributed by atoms with van der Waals surface area (Å²) < 4.78 is 21.2. The summed E-state index contributed by atoms with van der Waals surface area (Å²) in [5, 5.41) is 2.90. The number of nitrogens with one attached hydrogen (secondary N) is 1. The Hall–Kier alpha value is -3.15. The number of benzene rings is 2. The third kappa shape index (κ3) is 4.53. The number of carbonyl (C=O) groups excluding carboxylic acids is 1. The van der Waals surface area contributed by atoms with Crippen LogP contribution in [0.1, 0.15) is 29.9 Å². The molecule has 0 saturated carbocycles. The molecule has 0 aliphatic heterocycles. The number of para-hydroxylation sites is 1. The Morgan fingerprint density at radius 2 is 2.07 bits per heavy atom. The Morgan fingerprint density at radius 3 is 2.78 bits per heavy atom. The van der Waals surface area contributed by atoms with E-state index in [9.17, 15) is 9.18 Å². The molecule has 1 amide bonds. The lowest BCUT2D eigenvalue weighted by atomic mass is 10.1. The number of carbonyl (C=O) groups is 1. The number of imidazole rings is 1. The summed E-state index contributed by atoms with van der Waals surface area (Å²) in [6.07, 6.45) is 4.24. The van der Waals surface area contributed by atoms with Gasteiger partial charge in [0.25, 0.3) is 5.91 Å². The first-order valence-electron chi connectivity index (χ1n) is 8.81. The second-order valence-corrected chi connectivity index (χ2v) is 6.20. The summed E-state index contributed by atoms with van der Waals surface area (Å²) >= 11 is 0. The third-order valence-electron chi connectivity index (χ3n) is 4.32. The van der Waals surface area contributed by atoms with Crippen LogP contribution in [0.3, 0.4) is 0 Å². The van der Waals surface area contributed by atoms with Crippen LogP contribution in [0.25, 0.3) is 0 Å². The molecule has 5 nitrogen and oxygen atoms in total. The molecule has 2 aromatic carbocycles. The van der Waals surface area contributed by atoms with Crippen LogP contribution >= 0.6 is 0 Å². The van der Waals surface area contributed by atoms with Gasteiger partial charge in [0, 0.05) is 19.4 Å². The molecule has 1 heterocycles. The number of aryl methyl sites for hydroxylation is 2. The van der Waals surface area contributed by atoms with Crippen molar-refractivity contribution in [1.82, 2.24) is 14.9 Å². The number of rotatable bonds is 7. The maximum atomic E-state index is 13.7. The van der Waals surface area contributed by atoms with Crippen LogP contribution in [0.2, 0.25) is 0 Å². The van der Waals surface area contributed by atoms with Crippen molar-refractivity contribution in [2.75, 3.05) is 6.61 Å². The smallest absolute Gasteiger partial charge is 0.258 e. The molecule has 0 bridgehead atoms. The van der Waals surface area contributed by atoms with Gasteiger partial charge in [-0.05, 0) is 35.7 Å². The normalized spacial score (nSPS) is 11.8. The lowest BCUT2D eigenvalue weighted by Gasteiger charge is -2.19. The lowest BCUT2D eigenvalue weighted by molar-refractivity contribution is -0.123. The van der Waals surface area contributed by atoms with Crippen molar-refractivity contribution < 1.29 is 13.9 Å². The van der Waals surface area contributed by atoms with Crippen LogP contribution in [0.15, 0.2) is 60.9 Å². The summed E-state index contributed by atoms with van der Waals surface area (Å²) in [4.78, 5) is 16.8. The van der Waals surface area contributed by atoms with E-state index in [2.05, 4.69) is 10.3 Å². The second-order valence-electron chi connectivity index (χ2n) is 6.20. The molecule has 0 aliphatic rings. The van der Waals surface area contributed by atoms with E-state index in [0.29, 0.717) is 17.1 Å². The minimum absolute atomic E-state index is 0.132. The van der Waals surface area contributed by atoms with Crippen LogP contribution < -0.4 is 10.1 Å². The standard InChI is InChI=1S/C21H22FN3O2/c1-3-15-7-4-5-10-18(15)27-14-19(26)24-20(21-23-11-12-25(21)2)16-8-6-9-17(22)13-16/h4-13,20H,3,14H2,1-2H3,(H,24,26). The van der Waals surface area contributed by atoms with Crippen molar-refractivity contribution in [1.29, 1.82) is 0 Å². The highest BCUT2D eigenvalue weighted by Crippen LogP contribution is 2.22. The Morgan fingerprint density at radius 1 is 1.26 bits per heavy atom. The molecule has 0 aliphatic carbocycles. The summed E-state index contributed by atoms with van der Waals surface area (Å²) in [5.74, 6) is 0.629. The van der Waals surface area contributed by atoms with Gasteiger partial charge in [0.15, 0.2) is 6.61 Å². The topological polar surface area (TPSA) is 56.1 Å². The Bertz CT molecular complexity index is 923. The van der Waals surface area contributed by atoms with E-state index in [-0.39, 0.29) is 18.3 Å². The maximum Gasteiger partial charge on any atom is 0.258 e. The Balaban J connectivity index is 1.76. The van der Waals surface area contributed by atoms with Crippen molar-refractivity contribution >= 4 is 5.91 Å². The van der Waals surface area contributed by atoms with E-state index in [1.54, 1.807) is 29.1 Å². The highest BCUT2D eigenvalue weighted by atomic mass is 19.1. The Labute approximate surface area is 157 Å². The quantitative estimate of drug-likeness (QED) is 0.696. The van der Waals surface area contributed by atoms with E-state index in [1.807, 2.05) is 38.2 Å². The summed E-state index contributed by atoms with van der Waals surface area (Å²) in [6, 6.07) is 13.2. The van der Waals surface area contributed by atoms with Gasteiger partial charge >= 0.3 is 0 Å². The van der Waals surface area contributed by atoms with Gasteiger partial charge in [0.05, 0.1) is 0 Å². The van der Waals surface area contributed by atoms with Crippen LogP contribution in [0.4, 0.5) is 4.39 Å². The van der Waals surface area contributed by atoms with Crippen molar-refractivity contribution in [3.63, 3.8) is 0 Å². The molecule has 3 aromatic rings. The molecule has 0 saturated heterocycles. The molecule has 6 heteroatoms. The molecule has 0 fully saturated rings. The Kier molecular flexibility index (Phi) is 5.86. The highest BCUT2D eigenvalue weighted by molar-refractivity contribution is 5.78. The zero-order valence-electron chi connectivity index (χ0n) is 15.4. The predicted molar refractivity (Wildman–Crippen MR) is 101 cm³/mol. The van der Waals surface area contributed by atoms with E-state index < -0.39 is 6.04 Å². The van der Waals surface area contributed by atoms with Crippen molar-refractivity contribution in [2.45, 2.75) is 19.4 Å². The molecule has 27 heavy (non-hydrogen) atoms. The number of ether oxygens (including phenoxy) is 1. The van der Waals surface area contributed by atoms with Gasteiger partial charge in [-0.1, -0.05) is 37.3 Å². The van der Waals surface area contributed by atoms with Crippen LogP contribution in [0.5, 0.6) is 5.75 Å². The van der Waals surface area contributed by atoms with Crippen LogP contribution in [-0.2, 0) is 18.3 Å². The van der Waals surface area contributed by atoms with Crippen molar-refractivity contribution in [3.05, 3.63) is 83.7 Å². The molecule has 1 aromatic heterocycles. The van der Waals surface area contributed by atoms with E-state index >= 15 is 0 Å². The van der Waals surface area contributed by atoms with E-state index in [1.165, 1.54) is 12.1 Å². The van der Waals surface area contributed by atoms with Crippen molar-refractivity contribution in [2.24, 2.45) is 7.05 Å². The number of hydrogen-bond acceptors (Lipinski definition) is 3. The SMILES string of the molecule is CCc1ccccc1OCC(=O)NC(c1cccc(F)c1)c1nccn1C. The van der Waals surface area contributed by atoms with Gasteiger partial charge in [-0.25, -0.2) is 9.37 Å². The second kappa shape index (κ2) is 8.49. The number of aromatic nitrogens is 2. The fourth-order valence-corrected chi connectivity index (χ4v) is 2.92. The number of halogens is 1.